The van der Waals surface area contributed by atoms with Crippen molar-refractivity contribution in [3.8, 4) is 0 Å². The summed E-state index contributed by atoms with van der Waals surface area (Å²) in [6.45, 7) is 11.9. The third-order valence-electron chi connectivity index (χ3n) is 5.05. The molecular weight excluding hydrogens is 242 g/mol. The molecule has 19 heavy (non-hydrogen) atoms. The van der Waals surface area contributed by atoms with Crippen LogP contribution in [-0.2, 0) is 11.3 Å². The van der Waals surface area contributed by atoms with Gasteiger partial charge in [0.25, 0.3) is 0 Å². The van der Waals surface area contributed by atoms with Crippen molar-refractivity contribution in [1.82, 2.24) is 9.55 Å². The highest BCUT2D eigenvalue weighted by molar-refractivity contribution is 5.92. The third-order valence-corrected chi connectivity index (χ3v) is 5.05. The van der Waals surface area contributed by atoms with Crippen LogP contribution in [-0.4, -0.2) is 22.1 Å². The van der Waals surface area contributed by atoms with Crippen LogP contribution in [0.15, 0.2) is 6.33 Å². The Balaban J connectivity index is 2.14. The van der Waals surface area contributed by atoms with Crippen LogP contribution in [0.1, 0.15) is 45.1 Å². The number of imidazole rings is 1. The van der Waals surface area contributed by atoms with Crippen LogP contribution in [0.25, 0.3) is 0 Å². The number of aromatic nitrogens is 2. The molecule has 1 fully saturated rings. The zero-order chi connectivity index (χ0) is 14.4. The minimum Gasteiger partial charge on any atom is -0.461 e. The highest BCUT2D eigenvalue weighted by Crippen LogP contribution is 2.68. The Kier molecular flexibility index (Phi) is 3.11. The smallest absolute Gasteiger partial charge is 0.360 e. The molecule has 2 N–H and O–H groups in total. The van der Waals surface area contributed by atoms with Crippen molar-refractivity contribution >= 4 is 11.8 Å². The summed E-state index contributed by atoms with van der Waals surface area (Å²) in [4.78, 5) is 15.7. The molecule has 1 aliphatic rings. The lowest BCUT2D eigenvalue weighted by atomic mass is 10.0. The van der Waals surface area contributed by atoms with Crippen molar-refractivity contribution in [2.45, 2.75) is 41.2 Å². The maximum Gasteiger partial charge on any atom is 0.360 e. The number of carbonyl (C=O) groups excluding carboxylic acids is 1. The first-order valence-electron chi connectivity index (χ1n) is 6.71. The summed E-state index contributed by atoms with van der Waals surface area (Å²) in [6, 6.07) is 0. The molecular formula is C14H23N3O2. The lowest BCUT2D eigenvalue weighted by Gasteiger charge is -2.07. The van der Waals surface area contributed by atoms with E-state index in [1.807, 2.05) is 4.57 Å². The number of hydrogen-bond donors (Lipinski definition) is 1. The zero-order valence-corrected chi connectivity index (χ0v) is 12.4. The third kappa shape index (κ3) is 2.01. The number of anilines is 1. The summed E-state index contributed by atoms with van der Waals surface area (Å²) in [5.41, 5.74) is 6.78. The molecule has 1 aromatic heterocycles. The first-order chi connectivity index (χ1) is 8.73. The van der Waals surface area contributed by atoms with Gasteiger partial charge in [-0.05, 0) is 23.7 Å². The van der Waals surface area contributed by atoms with Gasteiger partial charge in [0.15, 0.2) is 5.69 Å². The summed E-state index contributed by atoms with van der Waals surface area (Å²) in [6.07, 6.45) is 1.63. The summed E-state index contributed by atoms with van der Waals surface area (Å²) in [5, 5.41) is 0. The SMILES string of the molecule is CCOC(=O)c1ncn(CC2C(C)(C)C2(C)C)c1N. The van der Waals surface area contributed by atoms with E-state index in [2.05, 4.69) is 32.7 Å². The van der Waals surface area contributed by atoms with E-state index >= 15 is 0 Å². The number of ether oxygens (including phenoxy) is 1. The van der Waals surface area contributed by atoms with E-state index in [1.165, 1.54) is 0 Å². The molecule has 0 aliphatic heterocycles. The van der Waals surface area contributed by atoms with Gasteiger partial charge < -0.3 is 15.0 Å². The van der Waals surface area contributed by atoms with E-state index in [4.69, 9.17) is 10.5 Å². The average molecular weight is 265 g/mol. The number of carbonyl (C=O) groups is 1. The van der Waals surface area contributed by atoms with Crippen LogP contribution < -0.4 is 5.73 Å². The predicted molar refractivity (Wildman–Crippen MR) is 73.6 cm³/mol. The molecule has 0 unspecified atom stereocenters. The number of esters is 1. The molecule has 0 atom stereocenters. The Morgan fingerprint density at radius 2 is 2.00 bits per heavy atom. The Labute approximate surface area is 114 Å². The monoisotopic (exact) mass is 265 g/mol. The van der Waals surface area contributed by atoms with E-state index in [1.54, 1.807) is 13.3 Å². The van der Waals surface area contributed by atoms with Crippen molar-refractivity contribution in [1.29, 1.82) is 0 Å². The number of hydrogen-bond acceptors (Lipinski definition) is 4. The van der Waals surface area contributed by atoms with Gasteiger partial charge in [-0.25, -0.2) is 9.78 Å². The second-order valence-corrected chi connectivity index (χ2v) is 6.35. The summed E-state index contributed by atoms with van der Waals surface area (Å²) in [5.74, 6) is 0.483. The van der Waals surface area contributed by atoms with Crippen LogP contribution in [0.4, 0.5) is 5.82 Å². The molecule has 1 aromatic rings. The van der Waals surface area contributed by atoms with Gasteiger partial charge in [-0.2, -0.15) is 0 Å². The standard InChI is InChI=1S/C14H23N3O2/c1-6-19-12(18)10-11(15)17(8-16-10)7-9-13(2,3)14(9,4)5/h8-9H,6-7,15H2,1-5H3. The second-order valence-electron chi connectivity index (χ2n) is 6.35. The number of nitrogen functional groups attached to an aromatic ring is 1. The van der Waals surface area contributed by atoms with Gasteiger partial charge >= 0.3 is 5.97 Å². The largest absolute Gasteiger partial charge is 0.461 e. The van der Waals surface area contributed by atoms with Crippen LogP contribution in [0.2, 0.25) is 0 Å². The lowest BCUT2D eigenvalue weighted by Crippen LogP contribution is -2.11. The first-order valence-corrected chi connectivity index (χ1v) is 6.71. The second kappa shape index (κ2) is 4.25. The normalized spacial score (nSPS) is 20.3. The lowest BCUT2D eigenvalue weighted by molar-refractivity contribution is 0.0521. The quantitative estimate of drug-likeness (QED) is 0.848. The fourth-order valence-corrected chi connectivity index (χ4v) is 2.88. The minimum atomic E-state index is -0.451. The molecule has 0 radical (unpaired) electrons. The van der Waals surface area contributed by atoms with Gasteiger partial charge in [-0.3, -0.25) is 0 Å². The summed E-state index contributed by atoms with van der Waals surface area (Å²) in [7, 11) is 0. The van der Waals surface area contributed by atoms with E-state index in [0.29, 0.717) is 18.3 Å². The molecule has 0 amide bonds. The van der Waals surface area contributed by atoms with Crippen molar-refractivity contribution in [3.63, 3.8) is 0 Å². The van der Waals surface area contributed by atoms with Gasteiger partial charge in [0.2, 0.25) is 0 Å². The van der Waals surface area contributed by atoms with Gasteiger partial charge in [-0.15, -0.1) is 0 Å². The summed E-state index contributed by atoms with van der Waals surface area (Å²) < 4.78 is 6.78. The van der Waals surface area contributed by atoms with Gasteiger partial charge in [-0.1, -0.05) is 27.7 Å². The molecule has 0 saturated heterocycles. The van der Waals surface area contributed by atoms with Crippen LogP contribution in [0.5, 0.6) is 0 Å². The number of rotatable bonds is 4. The Hall–Kier alpha value is -1.52. The average Bonchev–Trinajstić information content (AvgIpc) is 2.62. The van der Waals surface area contributed by atoms with Crippen LogP contribution in [0, 0.1) is 16.7 Å². The zero-order valence-electron chi connectivity index (χ0n) is 12.4. The highest BCUT2D eigenvalue weighted by atomic mass is 16.5. The van der Waals surface area contributed by atoms with Crippen LogP contribution >= 0.6 is 0 Å². The topological polar surface area (TPSA) is 70.1 Å². The van der Waals surface area contributed by atoms with Gasteiger partial charge in [0.1, 0.15) is 5.82 Å². The molecule has 1 heterocycles. The van der Waals surface area contributed by atoms with E-state index < -0.39 is 5.97 Å². The van der Waals surface area contributed by atoms with E-state index in [-0.39, 0.29) is 16.5 Å². The van der Waals surface area contributed by atoms with Gasteiger partial charge in [0, 0.05) is 6.54 Å². The molecule has 106 valence electrons. The van der Waals surface area contributed by atoms with Crippen molar-refractivity contribution in [2.75, 3.05) is 12.3 Å². The molecule has 1 aliphatic carbocycles. The molecule has 5 nitrogen and oxygen atoms in total. The molecule has 5 heteroatoms. The number of nitrogens with zero attached hydrogens (tertiary/aromatic N) is 2. The molecule has 2 rings (SSSR count). The Bertz CT molecular complexity index is 489. The van der Waals surface area contributed by atoms with Crippen molar-refractivity contribution in [2.24, 2.45) is 16.7 Å². The maximum absolute atomic E-state index is 11.7. The predicted octanol–water partition coefficient (Wildman–Crippen LogP) is 2.32. The summed E-state index contributed by atoms with van der Waals surface area (Å²) >= 11 is 0. The molecule has 0 bridgehead atoms. The maximum atomic E-state index is 11.7. The van der Waals surface area contributed by atoms with Crippen molar-refractivity contribution in [3.05, 3.63) is 12.0 Å². The number of nitrogens with two attached hydrogens (primary N) is 1. The van der Waals surface area contributed by atoms with Crippen molar-refractivity contribution < 1.29 is 9.53 Å². The molecule has 1 saturated carbocycles. The first kappa shape index (κ1) is 13.9. The van der Waals surface area contributed by atoms with E-state index in [9.17, 15) is 4.79 Å². The highest BCUT2D eigenvalue weighted by Gasteiger charge is 2.64. The fraction of sp³-hybridized carbons (Fsp3) is 0.714. The van der Waals surface area contributed by atoms with E-state index in [0.717, 1.165) is 6.54 Å². The van der Waals surface area contributed by atoms with Gasteiger partial charge in [0.05, 0.1) is 12.9 Å². The minimum absolute atomic E-state index is 0.220. The van der Waals surface area contributed by atoms with Crippen LogP contribution in [0.3, 0.4) is 0 Å². The molecule has 0 aromatic carbocycles. The Morgan fingerprint density at radius 3 is 2.47 bits per heavy atom. The fourth-order valence-electron chi connectivity index (χ4n) is 2.88. The molecule has 0 spiro atoms. The Morgan fingerprint density at radius 1 is 1.42 bits per heavy atom.